The van der Waals surface area contributed by atoms with Crippen LogP contribution >= 0.6 is 0 Å². The largest absolute Gasteiger partial charge is 0.482 e. The molecule has 1 heterocycles. The first-order chi connectivity index (χ1) is 13.9. The number of fused-ring (bicyclic) bond motifs is 2. The molecule has 0 atom stereocenters. The van der Waals surface area contributed by atoms with Crippen molar-refractivity contribution in [3.8, 4) is 5.75 Å². The molecule has 29 heavy (non-hydrogen) atoms. The number of hydrogen-bond acceptors (Lipinski definition) is 5. The number of anilines is 1. The van der Waals surface area contributed by atoms with Crippen molar-refractivity contribution in [2.45, 2.75) is 30.6 Å². The number of ether oxygens (including phenoxy) is 1. The molecule has 1 aliphatic heterocycles. The van der Waals surface area contributed by atoms with Gasteiger partial charge >= 0.3 is 0 Å². The topological polar surface area (TPSA) is 105 Å². The quantitative estimate of drug-likeness (QED) is 0.717. The van der Waals surface area contributed by atoms with Crippen molar-refractivity contribution in [1.29, 1.82) is 0 Å². The van der Waals surface area contributed by atoms with Crippen molar-refractivity contribution in [1.82, 2.24) is 10.3 Å². The molecule has 4 rings (SSSR count). The van der Waals surface area contributed by atoms with Crippen molar-refractivity contribution >= 4 is 27.5 Å². The molecule has 0 bridgehead atoms. The van der Waals surface area contributed by atoms with E-state index in [9.17, 15) is 18.0 Å². The number of nitrogens with one attached hydrogen (secondary N) is 2. The van der Waals surface area contributed by atoms with Gasteiger partial charge in [-0.3, -0.25) is 19.9 Å². The van der Waals surface area contributed by atoms with Gasteiger partial charge in [-0.15, -0.1) is 4.83 Å². The number of sulfonamides is 1. The smallest absolute Gasteiger partial charge is 0.265 e. The van der Waals surface area contributed by atoms with Crippen LogP contribution in [0, 0.1) is 0 Å². The maximum atomic E-state index is 12.6. The minimum absolute atomic E-state index is 0.103. The zero-order valence-corrected chi connectivity index (χ0v) is 16.5. The van der Waals surface area contributed by atoms with Crippen LogP contribution in [0.3, 0.4) is 0 Å². The van der Waals surface area contributed by atoms with Crippen LogP contribution < -0.4 is 19.9 Å². The standard InChI is InChI=1S/C20H21N3O5S/c24-19(12-23-17-7-3-4-8-18(17)28-13-20(23)25)21-22-29(26,27)16-10-9-14-5-1-2-6-15(14)11-16/h3-4,7-11,22H,1-2,5-6,12-13H2,(H,21,24). The summed E-state index contributed by atoms with van der Waals surface area (Å²) in [5.74, 6) is -0.539. The summed E-state index contributed by atoms with van der Waals surface area (Å²) in [7, 11) is -3.91. The molecule has 1 aliphatic carbocycles. The Labute approximate surface area is 168 Å². The molecular weight excluding hydrogens is 394 g/mol. The molecule has 2 aromatic carbocycles. The number of rotatable bonds is 5. The molecule has 2 aromatic rings. The lowest BCUT2D eigenvalue weighted by atomic mass is 9.92. The minimum atomic E-state index is -3.91. The fraction of sp³-hybridized carbons (Fsp3) is 0.300. The van der Waals surface area contributed by atoms with Gasteiger partial charge in [0.05, 0.1) is 10.6 Å². The van der Waals surface area contributed by atoms with Gasteiger partial charge in [0.2, 0.25) is 0 Å². The van der Waals surface area contributed by atoms with Crippen LogP contribution in [0.5, 0.6) is 5.75 Å². The summed E-state index contributed by atoms with van der Waals surface area (Å²) in [6.45, 7) is -0.503. The molecule has 0 spiro atoms. The fourth-order valence-electron chi connectivity index (χ4n) is 3.57. The molecule has 2 amide bonds. The van der Waals surface area contributed by atoms with Crippen molar-refractivity contribution in [3.63, 3.8) is 0 Å². The second-order valence-corrected chi connectivity index (χ2v) is 8.71. The number of carbonyl (C=O) groups excluding carboxylic acids is 2. The summed E-state index contributed by atoms with van der Waals surface area (Å²) in [5, 5.41) is 0. The molecule has 152 valence electrons. The van der Waals surface area contributed by atoms with Crippen LogP contribution in [0.1, 0.15) is 24.0 Å². The van der Waals surface area contributed by atoms with E-state index in [0.29, 0.717) is 11.4 Å². The van der Waals surface area contributed by atoms with E-state index in [1.807, 2.05) is 6.07 Å². The first-order valence-corrected chi connectivity index (χ1v) is 10.9. The van der Waals surface area contributed by atoms with Crippen LogP contribution in [0.4, 0.5) is 5.69 Å². The monoisotopic (exact) mass is 415 g/mol. The van der Waals surface area contributed by atoms with Crippen LogP contribution in [0.2, 0.25) is 0 Å². The number of hydrazine groups is 1. The Morgan fingerprint density at radius 1 is 1.07 bits per heavy atom. The first-order valence-electron chi connectivity index (χ1n) is 9.39. The Balaban J connectivity index is 1.42. The molecule has 0 radical (unpaired) electrons. The summed E-state index contributed by atoms with van der Waals surface area (Å²) in [4.78, 5) is 27.9. The lowest BCUT2D eigenvalue weighted by molar-refractivity contribution is -0.125. The number of amides is 2. The van der Waals surface area contributed by atoms with Gasteiger partial charge in [-0.2, -0.15) is 0 Å². The van der Waals surface area contributed by atoms with Gasteiger partial charge in [-0.1, -0.05) is 18.2 Å². The van der Waals surface area contributed by atoms with Gasteiger partial charge in [0.1, 0.15) is 12.3 Å². The number of carbonyl (C=O) groups is 2. The molecule has 8 nitrogen and oxygen atoms in total. The third kappa shape index (κ3) is 4.10. The third-order valence-electron chi connectivity index (χ3n) is 5.07. The second kappa shape index (κ2) is 7.84. The molecule has 0 saturated heterocycles. The lowest BCUT2D eigenvalue weighted by Gasteiger charge is -2.28. The van der Waals surface area contributed by atoms with E-state index in [2.05, 4.69) is 10.3 Å². The Bertz CT molecular complexity index is 1070. The minimum Gasteiger partial charge on any atom is -0.482 e. The van der Waals surface area contributed by atoms with Gasteiger partial charge in [-0.25, -0.2) is 8.42 Å². The normalized spacial score (nSPS) is 15.9. The predicted molar refractivity (Wildman–Crippen MR) is 106 cm³/mol. The average Bonchev–Trinajstić information content (AvgIpc) is 2.74. The first kappa shape index (κ1) is 19.4. The molecular formula is C20H21N3O5S. The Kier molecular flexibility index (Phi) is 5.25. The van der Waals surface area contributed by atoms with E-state index < -0.39 is 15.9 Å². The third-order valence-corrected chi connectivity index (χ3v) is 6.31. The second-order valence-electron chi connectivity index (χ2n) is 7.03. The number of nitrogens with zero attached hydrogens (tertiary/aromatic N) is 1. The van der Waals surface area contributed by atoms with E-state index in [-0.39, 0.29) is 24.0 Å². The van der Waals surface area contributed by atoms with Gasteiger partial charge < -0.3 is 4.74 Å². The van der Waals surface area contributed by atoms with E-state index in [4.69, 9.17) is 4.74 Å². The van der Waals surface area contributed by atoms with Crippen LogP contribution in [-0.2, 0) is 32.5 Å². The highest BCUT2D eigenvalue weighted by Crippen LogP contribution is 2.31. The number of benzene rings is 2. The van der Waals surface area contributed by atoms with Crippen molar-refractivity contribution < 1.29 is 22.7 Å². The summed E-state index contributed by atoms with van der Waals surface area (Å²) in [5.41, 5.74) is 4.86. The zero-order chi connectivity index (χ0) is 20.4. The highest BCUT2D eigenvalue weighted by atomic mass is 32.2. The van der Waals surface area contributed by atoms with Crippen LogP contribution in [0.25, 0.3) is 0 Å². The maximum absolute atomic E-state index is 12.6. The van der Waals surface area contributed by atoms with E-state index in [1.165, 1.54) is 10.5 Å². The number of para-hydroxylation sites is 2. The highest BCUT2D eigenvalue weighted by Gasteiger charge is 2.27. The zero-order valence-electron chi connectivity index (χ0n) is 15.7. The van der Waals surface area contributed by atoms with Gasteiger partial charge in [0.15, 0.2) is 6.61 Å². The van der Waals surface area contributed by atoms with E-state index in [0.717, 1.165) is 31.2 Å². The van der Waals surface area contributed by atoms with Gasteiger partial charge in [0.25, 0.3) is 21.8 Å². The Morgan fingerprint density at radius 3 is 2.66 bits per heavy atom. The summed E-state index contributed by atoms with van der Waals surface area (Å²) >= 11 is 0. The van der Waals surface area contributed by atoms with Gasteiger partial charge in [0, 0.05) is 0 Å². The molecule has 0 saturated carbocycles. The highest BCUT2D eigenvalue weighted by molar-refractivity contribution is 7.89. The average molecular weight is 415 g/mol. The lowest BCUT2D eigenvalue weighted by Crippen LogP contribution is -2.49. The maximum Gasteiger partial charge on any atom is 0.265 e. The van der Waals surface area contributed by atoms with Crippen LogP contribution in [-0.4, -0.2) is 33.4 Å². The fourth-order valence-corrected chi connectivity index (χ4v) is 4.48. The molecule has 2 aliphatic rings. The van der Waals surface area contributed by atoms with Gasteiger partial charge in [-0.05, 0) is 61.1 Å². The summed E-state index contributed by atoms with van der Waals surface area (Å²) in [6, 6.07) is 11.9. The summed E-state index contributed by atoms with van der Waals surface area (Å²) < 4.78 is 30.4. The summed E-state index contributed by atoms with van der Waals surface area (Å²) in [6.07, 6.45) is 3.95. The number of hydrogen-bond donors (Lipinski definition) is 2. The molecule has 9 heteroatoms. The Morgan fingerprint density at radius 2 is 1.83 bits per heavy atom. The van der Waals surface area contributed by atoms with E-state index in [1.54, 1.807) is 36.4 Å². The molecule has 2 N–H and O–H groups in total. The predicted octanol–water partition coefficient (Wildman–Crippen LogP) is 1.30. The molecule has 0 fully saturated rings. The van der Waals surface area contributed by atoms with Crippen molar-refractivity contribution in [2.75, 3.05) is 18.1 Å². The van der Waals surface area contributed by atoms with Crippen LogP contribution in [0.15, 0.2) is 47.4 Å². The SMILES string of the molecule is O=C(CN1C(=O)COc2ccccc21)NNS(=O)(=O)c1ccc2c(c1)CCCC2. The molecule has 0 aromatic heterocycles. The Hall–Kier alpha value is -2.91. The van der Waals surface area contributed by atoms with E-state index >= 15 is 0 Å². The number of aryl methyl sites for hydroxylation is 2. The van der Waals surface area contributed by atoms with Crippen molar-refractivity contribution in [3.05, 3.63) is 53.6 Å². The molecule has 0 unspecified atom stereocenters. The van der Waals surface area contributed by atoms with Crippen molar-refractivity contribution in [2.24, 2.45) is 0 Å².